The van der Waals surface area contributed by atoms with Crippen LogP contribution in [0.25, 0.3) is 0 Å². The Bertz CT molecular complexity index is 947. The Balaban J connectivity index is 1.70. The molecule has 0 unspecified atom stereocenters. The predicted molar refractivity (Wildman–Crippen MR) is 108 cm³/mol. The molecule has 0 bridgehead atoms. The lowest BCUT2D eigenvalue weighted by molar-refractivity contribution is 0.0791. The third-order valence-electron chi connectivity index (χ3n) is 4.31. The average molecular weight is 377 g/mol. The molecule has 0 aliphatic rings. The number of nitrogens with one attached hydrogen (secondary N) is 1. The van der Waals surface area contributed by atoms with Crippen LogP contribution in [-0.2, 0) is 6.42 Å². The topological polar surface area (TPSA) is 80.2 Å². The maximum atomic E-state index is 12.7. The standard InChI is InChI=1S/C21H23N5O2/c1-15-4-5-19(28-3)18(14-15)25-21-23-12-8-17(24-21)20(27)26(2)13-9-16-6-10-22-11-7-16/h4-8,10-12,14H,9,13H2,1-3H3,(H,23,24,25). The summed E-state index contributed by atoms with van der Waals surface area (Å²) in [6.45, 7) is 2.57. The van der Waals surface area contributed by atoms with Gasteiger partial charge in [-0.1, -0.05) is 6.07 Å². The van der Waals surface area contributed by atoms with Gasteiger partial charge >= 0.3 is 0 Å². The number of anilines is 2. The van der Waals surface area contributed by atoms with Gasteiger partial charge in [0.2, 0.25) is 5.95 Å². The highest BCUT2D eigenvalue weighted by molar-refractivity contribution is 5.92. The molecule has 1 N–H and O–H groups in total. The molecule has 0 spiro atoms. The molecule has 1 amide bonds. The molecule has 0 aliphatic heterocycles. The van der Waals surface area contributed by atoms with Crippen molar-refractivity contribution in [1.82, 2.24) is 19.9 Å². The van der Waals surface area contributed by atoms with Crippen LogP contribution in [0.3, 0.4) is 0 Å². The van der Waals surface area contributed by atoms with Gasteiger partial charge in [-0.2, -0.15) is 0 Å². The van der Waals surface area contributed by atoms with E-state index < -0.39 is 0 Å². The number of amides is 1. The normalized spacial score (nSPS) is 10.4. The molecule has 3 rings (SSSR count). The summed E-state index contributed by atoms with van der Waals surface area (Å²) in [7, 11) is 3.37. The molecule has 2 heterocycles. The molecule has 7 nitrogen and oxygen atoms in total. The number of carbonyl (C=O) groups is 1. The van der Waals surface area contributed by atoms with Crippen LogP contribution >= 0.6 is 0 Å². The fraction of sp³-hybridized carbons (Fsp3) is 0.238. The van der Waals surface area contributed by atoms with Crippen LogP contribution in [0.5, 0.6) is 5.75 Å². The molecule has 0 saturated heterocycles. The van der Waals surface area contributed by atoms with E-state index in [-0.39, 0.29) is 5.91 Å². The number of rotatable bonds is 7. The zero-order chi connectivity index (χ0) is 19.9. The van der Waals surface area contributed by atoms with Crippen molar-refractivity contribution in [2.75, 3.05) is 26.0 Å². The third-order valence-corrected chi connectivity index (χ3v) is 4.31. The zero-order valence-corrected chi connectivity index (χ0v) is 16.2. The van der Waals surface area contributed by atoms with E-state index in [4.69, 9.17) is 4.74 Å². The minimum atomic E-state index is -0.157. The molecule has 0 atom stereocenters. The summed E-state index contributed by atoms with van der Waals surface area (Å²) < 4.78 is 5.36. The van der Waals surface area contributed by atoms with Gasteiger partial charge < -0.3 is 15.0 Å². The van der Waals surface area contributed by atoms with E-state index in [2.05, 4.69) is 20.3 Å². The summed E-state index contributed by atoms with van der Waals surface area (Å²) in [4.78, 5) is 27.0. The van der Waals surface area contributed by atoms with E-state index in [1.54, 1.807) is 43.7 Å². The molecule has 0 aliphatic carbocycles. The number of benzene rings is 1. The van der Waals surface area contributed by atoms with Crippen molar-refractivity contribution in [1.29, 1.82) is 0 Å². The van der Waals surface area contributed by atoms with E-state index >= 15 is 0 Å². The van der Waals surface area contributed by atoms with Crippen molar-refractivity contribution in [2.45, 2.75) is 13.3 Å². The van der Waals surface area contributed by atoms with Crippen molar-refractivity contribution in [3.8, 4) is 5.75 Å². The SMILES string of the molecule is COc1ccc(C)cc1Nc1nccc(C(=O)N(C)CCc2ccncc2)n1. The number of hydrogen-bond acceptors (Lipinski definition) is 6. The average Bonchev–Trinajstić information content (AvgIpc) is 2.72. The van der Waals surface area contributed by atoms with Crippen LogP contribution < -0.4 is 10.1 Å². The summed E-state index contributed by atoms with van der Waals surface area (Å²) >= 11 is 0. The number of nitrogens with zero attached hydrogens (tertiary/aromatic N) is 4. The van der Waals surface area contributed by atoms with Gasteiger partial charge in [-0.05, 0) is 54.8 Å². The van der Waals surface area contributed by atoms with Gasteiger partial charge in [0.05, 0.1) is 12.8 Å². The van der Waals surface area contributed by atoms with Crippen molar-refractivity contribution in [2.24, 2.45) is 0 Å². The molecular formula is C21H23N5O2. The van der Waals surface area contributed by atoms with Crippen molar-refractivity contribution in [3.05, 3.63) is 71.8 Å². The first-order valence-electron chi connectivity index (χ1n) is 8.96. The van der Waals surface area contributed by atoms with E-state index in [0.29, 0.717) is 23.9 Å². The number of pyridine rings is 1. The van der Waals surface area contributed by atoms with Crippen LogP contribution in [0, 0.1) is 6.92 Å². The van der Waals surface area contributed by atoms with Crippen molar-refractivity contribution < 1.29 is 9.53 Å². The number of methoxy groups -OCH3 is 1. The highest BCUT2D eigenvalue weighted by Gasteiger charge is 2.15. The second-order valence-corrected chi connectivity index (χ2v) is 6.43. The fourth-order valence-electron chi connectivity index (χ4n) is 2.72. The quantitative estimate of drug-likeness (QED) is 0.681. The summed E-state index contributed by atoms with van der Waals surface area (Å²) in [5.41, 5.74) is 3.29. The van der Waals surface area contributed by atoms with E-state index in [1.807, 2.05) is 37.3 Å². The second-order valence-electron chi connectivity index (χ2n) is 6.43. The molecule has 3 aromatic rings. The Morgan fingerprint density at radius 2 is 1.93 bits per heavy atom. The van der Waals surface area contributed by atoms with Gasteiger partial charge in [0.15, 0.2) is 0 Å². The molecule has 7 heteroatoms. The molecule has 2 aromatic heterocycles. The van der Waals surface area contributed by atoms with E-state index in [1.165, 1.54) is 0 Å². The number of aryl methyl sites for hydroxylation is 1. The first-order valence-corrected chi connectivity index (χ1v) is 8.96. The van der Waals surface area contributed by atoms with Crippen LogP contribution in [0.15, 0.2) is 55.0 Å². The monoisotopic (exact) mass is 377 g/mol. The number of hydrogen-bond donors (Lipinski definition) is 1. The predicted octanol–water partition coefficient (Wildman–Crippen LogP) is 3.25. The van der Waals surface area contributed by atoms with Gasteiger partial charge in [0, 0.05) is 32.2 Å². The Labute approximate surface area is 164 Å². The Morgan fingerprint density at radius 3 is 2.68 bits per heavy atom. The number of likely N-dealkylation sites (N-methyl/N-ethyl adjacent to an activating group) is 1. The highest BCUT2D eigenvalue weighted by Crippen LogP contribution is 2.27. The lowest BCUT2D eigenvalue weighted by Crippen LogP contribution is -2.29. The molecule has 0 radical (unpaired) electrons. The molecular weight excluding hydrogens is 354 g/mol. The van der Waals surface area contributed by atoms with Crippen molar-refractivity contribution >= 4 is 17.5 Å². The van der Waals surface area contributed by atoms with Crippen LogP contribution in [0.4, 0.5) is 11.6 Å². The minimum Gasteiger partial charge on any atom is -0.495 e. The maximum Gasteiger partial charge on any atom is 0.272 e. The minimum absolute atomic E-state index is 0.157. The molecule has 144 valence electrons. The number of carbonyl (C=O) groups excluding carboxylic acids is 1. The molecule has 0 saturated carbocycles. The largest absolute Gasteiger partial charge is 0.495 e. The Morgan fingerprint density at radius 1 is 1.14 bits per heavy atom. The van der Waals surface area contributed by atoms with Gasteiger partial charge in [0.25, 0.3) is 5.91 Å². The summed E-state index contributed by atoms with van der Waals surface area (Å²) in [5, 5.41) is 3.13. The summed E-state index contributed by atoms with van der Waals surface area (Å²) in [5.74, 6) is 0.869. The number of ether oxygens (including phenoxy) is 1. The van der Waals surface area contributed by atoms with Crippen molar-refractivity contribution in [3.63, 3.8) is 0 Å². The van der Waals surface area contributed by atoms with E-state index in [0.717, 1.165) is 23.2 Å². The van der Waals surface area contributed by atoms with E-state index in [9.17, 15) is 4.79 Å². The first kappa shape index (κ1) is 19.3. The van der Waals surface area contributed by atoms with Crippen LogP contribution in [0.2, 0.25) is 0 Å². The molecule has 28 heavy (non-hydrogen) atoms. The molecule has 1 aromatic carbocycles. The first-order chi connectivity index (χ1) is 13.6. The van der Waals surface area contributed by atoms with Crippen LogP contribution in [0.1, 0.15) is 21.6 Å². The smallest absolute Gasteiger partial charge is 0.272 e. The van der Waals surface area contributed by atoms with Gasteiger partial charge in [0.1, 0.15) is 11.4 Å². The van der Waals surface area contributed by atoms with Gasteiger partial charge in [-0.25, -0.2) is 9.97 Å². The van der Waals surface area contributed by atoms with Gasteiger partial charge in [-0.3, -0.25) is 9.78 Å². The Hall–Kier alpha value is -3.48. The van der Waals surface area contributed by atoms with Gasteiger partial charge in [-0.15, -0.1) is 0 Å². The number of aromatic nitrogens is 3. The Kier molecular flexibility index (Phi) is 6.16. The maximum absolute atomic E-state index is 12.7. The fourth-order valence-corrected chi connectivity index (χ4v) is 2.72. The second kappa shape index (κ2) is 8.94. The lowest BCUT2D eigenvalue weighted by Gasteiger charge is -2.17. The highest BCUT2D eigenvalue weighted by atomic mass is 16.5. The lowest BCUT2D eigenvalue weighted by atomic mass is 10.2. The molecule has 0 fully saturated rings. The van der Waals surface area contributed by atoms with Crippen LogP contribution in [-0.4, -0.2) is 46.5 Å². The summed E-state index contributed by atoms with van der Waals surface area (Å²) in [6.07, 6.45) is 5.82. The zero-order valence-electron chi connectivity index (χ0n) is 16.2. The summed E-state index contributed by atoms with van der Waals surface area (Å²) in [6, 6.07) is 11.3. The third kappa shape index (κ3) is 4.82.